The van der Waals surface area contributed by atoms with Crippen LogP contribution in [0.2, 0.25) is 0 Å². The van der Waals surface area contributed by atoms with Crippen molar-refractivity contribution in [1.29, 1.82) is 10.5 Å². The molecule has 0 fully saturated rings. The summed E-state index contributed by atoms with van der Waals surface area (Å²) in [7, 11) is 0. The Morgan fingerprint density at radius 1 is 0.692 bits per heavy atom. The first-order chi connectivity index (χ1) is 12.7. The molecule has 0 saturated carbocycles. The van der Waals surface area contributed by atoms with Gasteiger partial charge in [-0.25, -0.2) is 20.2 Å². The van der Waals surface area contributed by atoms with Gasteiger partial charge in [0.1, 0.15) is 0 Å². The molecule has 0 amide bonds. The van der Waals surface area contributed by atoms with E-state index in [-0.39, 0.29) is 11.4 Å². The van der Waals surface area contributed by atoms with Crippen molar-refractivity contribution in [2.24, 2.45) is 0 Å². The molecule has 2 aromatic carbocycles. The van der Waals surface area contributed by atoms with Gasteiger partial charge >= 0.3 is 0 Å². The van der Waals surface area contributed by atoms with Crippen molar-refractivity contribution in [1.82, 2.24) is 0 Å². The van der Waals surface area contributed by atoms with Crippen molar-refractivity contribution in [2.45, 2.75) is 25.7 Å². The van der Waals surface area contributed by atoms with Crippen molar-refractivity contribution < 1.29 is 0 Å². The molecule has 0 aromatic heterocycles. The second-order valence-corrected chi connectivity index (χ2v) is 6.48. The van der Waals surface area contributed by atoms with Gasteiger partial charge in [-0.05, 0) is 68.8 Å². The molecule has 0 saturated heterocycles. The van der Waals surface area contributed by atoms with Crippen LogP contribution in [0.4, 0.5) is 0 Å². The molecule has 2 aliphatic rings. The van der Waals surface area contributed by atoms with Crippen molar-refractivity contribution >= 4 is 11.4 Å². The molecular weight excluding hydrogens is 320 g/mol. The highest BCUT2D eigenvalue weighted by atomic mass is 14.7. The third kappa shape index (κ3) is 2.18. The quantitative estimate of drug-likeness (QED) is 0.695. The monoisotopic (exact) mass is 332 g/mol. The maximum Gasteiger partial charge on any atom is 0.268 e. The van der Waals surface area contributed by atoms with E-state index < -0.39 is 0 Å². The van der Waals surface area contributed by atoms with Crippen molar-refractivity contribution in [3.05, 3.63) is 90.2 Å². The predicted molar refractivity (Wildman–Crippen MR) is 95.9 cm³/mol. The lowest BCUT2D eigenvalue weighted by atomic mass is 9.82. The van der Waals surface area contributed by atoms with Crippen LogP contribution in [0.15, 0.2) is 24.3 Å². The zero-order chi connectivity index (χ0) is 18.3. The van der Waals surface area contributed by atoms with Gasteiger partial charge in [-0.2, -0.15) is 0 Å². The highest BCUT2D eigenvalue weighted by molar-refractivity contribution is 5.67. The molecule has 0 unspecified atom stereocenters. The van der Waals surface area contributed by atoms with Crippen LogP contribution in [0, 0.1) is 46.2 Å². The molecule has 4 rings (SSSR count). The molecule has 0 heterocycles. The minimum atomic E-state index is 0.140. The molecule has 0 spiro atoms. The molecule has 0 aliphatic heterocycles. The van der Waals surface area contributed by atoms with Crippen LogP contribution in [0.3, 0.4) is 0 Å². The van der Waals surface area contributed by atoms with Gasteiger partial charge in [-0.3, -0.25) is 0 Å². The Kier molecular flexibility index (Phi) is 3.55. The molecule has 0 bridgehead atoms. The minimum Gasteiger partial charge on any atom is -0.226 e. The van der Waals surface area contributed by atoms with Crippen LogP contribution < -0.4 is 10.4 Å². The minimum absolute atomic E-state index is 0.140. The van der Waals surface area contributed by atoms with Gasteiger partial charge in [0.05, 0.1) is 25.3 Å². The smallest absolute Gasteiger partial charge is 0.226 e. The molecule has 2 aliphatic carbocycles. The second kappa shape index (κ2) is 5.89. The fourth-order valence-electron chi connectivity index (χ4n) is 4.09. The van der Waals surface area contributed by atoms with Crippen LogP contribution in [0.25, 0.3) is 21.1 Å². The van der Waals surface area contributed by atoms with E-state index in [4.69, 9.17) is 13.1 Å². The lowest BCUT2D eigenvalue weighted by molar-refractivity contribution is 0.837. The van der Waals surface area contributed by atoms with E-state index in [1.54, 1.807) is 0 Å². The molecule has 120 valence electrons. The Bertz CT molecular complexity index is 1170. The van der Waals surface area contributed by atoms with Crippen LogP contribution >= 0.6 is 0 Å². The van der Waals surface area contributed by atoms with Gasteiger partial charge in [-0.15, -0.1) is 0 Å². The normalized spacial score (nSPS) is 12.6. The molecule has 4 nitrogen and oxygen atoms in total. The summed E-state index contributed by atoms with van der Waals surface area (Å²) in [5.41, 5.74) is 5.02. The molecular formula is C22H12N4. The first-order valence-electron chi connectivity index (χ1n) is 8.32. The Morgan fingerprint density at radius 2 is 1.00 bits per heavy atom. The van der Waals surface area contributed by atoms with E-state index in [0.29, 0.717) is 10.4 Å². The number of rotatable bonds is 0. The van der Waals surface area contributed by atoms with E-state index in [1.807, 2.05) is 36.4 Å². The summed E-state index contributed by atoms with van der Waals surface area (Å²) >= 11 is 0. The van der Waals surface area contributed by atoms with E-state index in [9.17, 15) is 10.5 Å². The number of benzene rings is 2. The molecule has 0 atom stereocenters. The SMILES string of the molecule is [C-]#[N+]C(C#N)=c1cc2c3c(c1)CCc1cc(=C(C#N)[N+]#[C-])cc(c1=3)CC2. The largest absolute Gasteiger partial charge is 0.268 e. The second-order valence-electron chi connectivity index (χ2n) is 6.48. The van der Waals surface area contributed by atoms with Crippen LogP contribution in [0.1, 0.15) is 22.3 Å². The Balaban J connectivity index is 2.22. The highest BCUT2D eigenvalue weighted by Gasteiger charge is 2.19. The first-order valence-corrected chi connectivity index (χ1v) is 8.32. The number of aryl methyl sites for hydroxylation is 4. The summed E-state index contributed by atoms with van der Waals surface area (Å²) in [6, 6.07) is 11.9. The van der Waals surface area contributed by atoms with Gasteiger partial charge in [0.25, 0.3) is 11.4 Å². The van der Waals surface area contributed by atoms with E-state index >= 15 is 0 Å². The van der Waals surface area contributed by atoms with Gasteiger partial charge in [0.2, 0.25) is 0 Å². The van der Waals surface area contributed by atoms with E-state index in [1.165, 1.54) is 32.7 Å². The van der Waals surface area contributed by atoms with Crippen LogP contribution in [0.5, 0.6) is 0 Å². The van der Waals surface area contributed by atoms with Crippen LogP contribution in [-0.4, -0.2) is 0 Å². The molecule has 4 heteroatoms. The van der Waals surface area contributed by atoms with Crippen molar-refractivity contribution in [2.75, 3.05) is 0 Å². The third-order valence-corrected chi connectivity index (χ3v) is 5.16. The number of nitrogens with zero attached hydrogens (tertiary/aromatic N) is 4. The summed E-state index contributed by atoms with van der Waals surface area (Å²) in [4.78, 5) is 6.71. The van der Waals surface area contributed by atoms with Gasteiger partial charge in [0, 0.05) is 0 Å². The Labute approximate surface area is 150 Å². The average Bonchev–Trinajstić information content (AvgIpc) is 2.67. The lowest BCUT2D eigenvalue weighted by Gasteiger charge is -2.22. The highest BCUT2D eigenvalue weighted by Crippen LogP contribution is 2.26. The fraction of sp³-hybridized carbons (Fsp3) is 0.182. The summed E-state index contributed by atoms with van der Waals surface area (Å²) < 4.78 is 0. The summed E-state index contributed by atoms with van der Waals surface area (Å²) in [5.74, 6) is 0. The van der Waals surface area contributed by atoms with Gasteiger partial charge in [0.15, 0.2) is 0 Å². The summed E-state index contributed by atoms with van der Waals surface area (Å²) in [5, 5.41) is 22.3. The van der Waals surface area contributed by atoms with Gasteiger partial charge in [-0.1, -0.05) is 24.3 Å². The van der Waals surface area contributed by atoms with Gasteiger partial charge < -0.3 is 0 Å². The molecule has 2 aromatic rings. The third-order valence-electron chi connectivity index (χ3n) is 5.16. The van der Waals surface area contributed by atoms with Crippen LogP contribution in [-0.2, 0) is 25.7 Å². The van der Waals surface area contributed by atoms with Crippen molar-refractivity contribution in [3.63, 3.8) is 0 Å². The van der Waals surface area contributed by atoms with Crippen molar-refractivity contribution in [3.8, 4) is 12.1 Å². The zero-order valence-corrected chi connectivity index (χ0v) is 13.9. The Hall–Kier alpha value is -3.86. The summed E-state index contributed by atoms with van der Waals surface area (Å²) in [6.45, 7) is 14.4. The lowest BCUT2D eigenvalue weighted by Crippen LogP contribution is -2.20. The average molecular weight is 332 g/mol. The molecule has 0 radical (unpaired) electrons. The number of hydrogen-bond acceptors (Lipinski definition) is 2. The maximum atomic E-state index is 9.19. The standard InChI is InChI=1S/C22H12N4/c1-25-19(11-23)17-7-13-3-5-15-9-18(20(12-24)26-2)10-16-6-4-14(8-17)21(13)22(15)16/h7-10H,3-6H2. The summed E-state index contributed by atoms with van der Waals surface area (Å²) in [6.07, 6.45) is 3.34. The molecule has 26 heavy (non-hydrogen) atoms. The maximum absolute atomic E-state index is 9.19. The van der Waals surface area contributed by atoms with E-state index in [0.717, 1.165) is 25.7 Å². The first kappa shape index (κ1) is 15.7. The fourth-order valence-corrected chi connectivity index (χ4v) is 4.09. The zero-order valence-electron chi connectivity index (χ0n) is 13.9. The predicted octanol–water partition coefficient (Wildman–Crippen LogP) is 2.27. The topological polar surface area (TPSA) is 56.3 Å². The Morgan fingerprint density at radius 3 is 1.23 bits per heavy atom. The number of hydrogen-bond donors (Lipinski definition) is 0. The van der Waals surface area contributed by atoms with E-state index in [2.05, 4.69) is 9.69 Å². The number of nitriles is 2. The molecule has 0 N–H and O–H groups in total.